The Kier molecular flexibility index (Phi) is 4.51. The summed E-state index contributed by atoms with van der Waals surface area (Å²) in [6.07, 6.45) is 6.52. The van der Waals surface area contributed by atoms with Crippen molar-refractivity contribution < 1.29 is 5.82 Å². The van der Waals surface area contributed by atoms with Gasteiger partial charge in [0.15, 0.2) is 0 Å². The van der Waals surface area contributed by atoms with Gasteiger partial charge in [0.2, 0.25) is 5.95 Å². The van der Waals surface area contributed by atoms with E-state index >= 15 is 0 Å². The van der Waals surface area contributed by atoms with Crippen LogP contribution in [-0.4, -0.2) is 20.7 Å². The summed E-state index contributed by atoms with van der Waals surface area (Å²) in [6, 6.07) is 8.45. The SMILES string of the molecule is Cn1ccc(Nc2ncc(C=N)c(NCc3ccccc3F)n2)c1.[HH]. The largest absolute Gasteiger partial charge is 0.365 e. The van der Waals surface area contributed by atoms with Gasteiger partial charge < -0.3 is 20.6 Å². The molecule has 6 nitrogen and oxygen atoms in total. The zero-order valence-corrected chi connectivity index (χ0v) is 13.1. The third-order valence-electron chi connectivity index (χ3n) is 3.46. The molecule has 0 aliphatic heterocycles. The molecule has 3 aromatic rings. The Bertz CT molecular complexity index is 864. The first-order chi connectivity index (χ1) is 11.7. The van der Waals surface area contributed by atoms with Gasteiger partial charge in [-0.1, -0.05) is 18.2 Å². The molecule has 0 aliphatic rings. The second-order valence-electron chi connectivity index (χ2n) is 5.28. The molecule has 0 spiro atoms. The standard InChI is InChI=1S/C17H17FN6.H2/c1-24-7-6-14(11-24)22-17-21-10-13(8-19)16(23-17)20-9-12-4-2-3-5-15(12)18;/h2-8,10-11,19H,9H2,1H3,(H2,20,21,22,23);1H. The van der Waals surface area contributed by atoms with Gasteiger partial charge in [0, 0.05) is 45.4 Å². The predicted molar refractivity (Wildman–Crippen MR) is 94.5 cm³/mol. The van der Waals surface area contributed by atoms with Crippen LogP contribution in [0.2, 0.25) is 0 Å². The van der Waals surface area contributed by atoms with Crippen molar-refractivity contribution in [3.63, 3.8) is 0 Å². The van der Waals surface area contributed by atoms with E-state index in [-0.39, 0.29) is 13.8 Å². The van der Waals surface area contributed by atoms with Crippen LogP contribution in [0.4, 0.5) is 21.8 Å². The molecule has 2 aromatic heterocycles. The van der Waals surface area contributed by atoms with Gasteiger partial charge in [0.25, 0.3) is 0 Å². The molecule has 0 amide bonds. The first-order valence-electron chi connectivity index (χ1n) is 7.39. The van der Waals surface area contributed by atoms with E-state index in [0.29, 0.717) is 22.9 Å². The fraction of sp³-hybridized carbons (Fsp3) is 0.118. The fourth-order valence-electron chi connectivity index (χ4n) is 2.23. The highest BCUT2D eigenvalue weighted by Gasteiger charge is 2.08. The molecule has 0 bridgehead atoms. The van der Waals surface area contributed by atoms with Gasteiger partial charge in [-0.3, -0.25) is 0 Å². The summed E-state index contributed by atoms with van der Waals surface area (Å²) in [5.74, 6) is 0.600. The van der Waals surface area contributed by atoms with Crippen LogP contribution in [0.3, 0.4) is 0 Å². The van der Waals surface area contributed by atoms with Crippen molar-refractivity contribution in [3.8, 4) is 0 Å². The van der Waals surface area contributed by atoms with Crippen LogP contribution in [0.1, 0.15) is 12.6 Å². The van der Waals surface area contributed by atoms with Crippen LogP contribution >= 0.6 is 0 Å². The van der Waals surface area contributed by atoms with E-state index in [1.165, 1.54) is 6.07 Å². The van der Waals surface area contributed by atoms with Crippen molar-refractivity contribution in [1.82, 2.24) is 14.5 Å². The van der Waals surface area contributed by atoms with Crippen LogP contribution in [0.15, 0.2) is 48.9 Å². The Morgan fingerprint density at radius 3 is 2.88 bits per heavy atom. The van der Waals surface area contributed by atoms with Crippen molar-refractivity contribution >= 4 is 23.7 Å². The van der Waals surface area contributed by atoms with Gasteiger partial charge >= 0.3 is 0 Å². The van der Waals surface area contributed by atoms with E-state index < -0.39 is 0 Å². The normalized spacial score (nSPS) is 10.4. The number of benzene rings is 1. The summed E-state index contributed by atoms with van der Waals surface area (Å²) < 4.78 is 15.6. The number of nitrogens with zero attached hydrogens (tertiary/aromatic N) is 3. The van der Waals surface area contributed by atoms with E-state index in [1.54, 1.807) is 24.4 Å². The lowest BCUT2D eigenvalue weighted by Crippen LogP contribution is -2.08. The predicted octanol–water partition coefficient (Wildman–Crippen LogP) is 3.55. The molecule has 3 rings (SSSR count). The molecular weight excluding hydrogens is 307 g/mol. The number of hydrogen-bond acceptors (Lipinski definition) is 5. The Hall–Kier alpha value is -3.22. The average molecular weight is 326 g/mol. The smallest absolute Gasteiger partial charge is 0.229 e. The van der Waals surface area contributed by atoms with Crippen molar-refractivity contribution in [2.24, 2.45) is 7.05 Å². The molecule has 0 saturated carbocycles. The Morgan fingerprint density at radius 2 is 2.17 bits per heavy atom. The summed E-state index contributed by atoms with van der Waals surface area (Å²) in [4.78, 5) is 8.57. The van der Waals surface area contributed by atoms with E-state index in [2.05, 4.69) is 20.6 Å². The number of aromatic nitrogens is 3. The van der Waals surface area contributed by atoms with Gasteiger partial charge in [-0.05, 0) is 12.1 Å². The maximum Gasteiger partial charge on any atom is 0.229 e. The molecular formula is C17H19FN6. The zero-order valence-electron chi connectivity index (χ0n) is 13.1. The highest BCUT2D eigenvalue weighted by atomic mass is 19.1. The average Bonchev–Trinajstić information content (AvgIpc) is 2.99. The molecule has 24 heavy (non-hydrogen) atoms. The minimum Gasteiger partial charge on any atom is -0.365 e. The number of nitrogens with one attached hydrogen (secondary N) is 3. The minimum atomic E-state index is -0.280. The topological polar surface area (TPSA) is 78.6 Å². The Labute approximate surface area is 140 Å². The molecule has 1 aromatic carbocycles. The summed E-state index contributed by atoms with van der Waals surface area (Å²) in [6.45, 7) is 0.273. The lowest BCUT2D eigenvalue weighted by molar-refractivity contribution is 0.613. The van der Waals surface area contributed by atoms with Crippen LogP contribution in [0.25, 0.3) is 0 Å². The summed E-state index contributed by atoms with van der Waals surface area (Å²) in [5.41, 5.74) is 1.93. The molecule has 0 unspecified atom stereocenters. The second kappa shape index (κ2) is 6.91. The Morgan fingerprint density at radius 1 is 1.33 bits per heavy atom. The minimum absolute atomic E-state index is 0. The molecule has 0 fully saturated rings. The third kappa shape index (κ3) is 3.57. The van der Waals surface area contributed by atoms with Crippen molar-refractivity contribution in [2.45, 2.75) is 6.54 Å². The van der Waals surface area contributed by atoms with E-state index in [9.17, 15) is 4.39 Å². The lowest BCUT2D eigenvalue weighted by Gasteiger charge is -2.11. The van der Waals surface area contributed by atoms with Gasteiger partial charge in [0.05, 0.1) is 11.3 Å². The maximum atomic E-state index is 13.7. The number of aryl methyl sites for hydroxylation is 1. The van der Waals surface area contributed by atoms with Crippen molar-refractivity contribution in [1.29, 1.82) is 5.41 Å². The van der Waals surface area contributed by atoms with E-state index in [1.807, 2.05) is 30.1 Å². The number of halogens is 1. The maximum absolute atomic E-state index is 13.7. The molecule has 7 heteroatoms. The Balaban J connectivity index is 0.00000225. The van der Waals surface area contributed by atoms with Crippen LogP contribution < -0.4 is 10.6 Å². The number of rotatable bonds is 6. The number of hydrogen-bond donors (Lipinski definition) is 3. The monoisotopic (exact) mass is 326 g/mol. The molecule has 0 atom stereocenters. The first-order valence-corrected chi connectivity index (χ1v) is 7.39. The van der Waals surface area contributed by atoms with E-state index in [0.717, 1.165) is 11.9 Å². The van der Waals surface area contributed by atoms with Crippen molar-refractivity contribution in [2.75, 3.05) is 10.6 Å². The van der Waals surface area contributed by atoms with Gasteiger partial charge in [-0.25, -0.2) is 9.37 Å². The molecule has 0 saturated heterocycles. The zero-order chi connectivity index (χ0) is 16.9. The quantitative estimate of drug-likeness (QED) is 0.605. The van der Waals surface area contributed by atoms with E-state index in [4.69, 9.17) is 5.41 Å². The fourth-order valence-corrected chi connectivity index (χ4v) is 2.23. The lowest BCUT2D eigenvalue weighted by atomic mass is 10.2. The van der Waals surface area contributed by atoms with Gasteiger partial charge in [-0.2, -0.15) is 4.98 Å². The van der Waals surface area contributed by atoms with Gasteiger partial charge in [0.1, 0.15) is 11.6 Å². The molecule has 0 radical (unpaired) electrons. The molecule has 3 N–H and O–H groups in total. The van der Waals surface area contributed by atoms with Crippen LogP contribution in [0, 0.1) is 11.2 Å². The second-order valence-corrected chi connectivity index (χ2v) is 5.28. The first kappa shape index (κ1) is 15.7. The third-order valence-corrected chi connectivity index (χ3v) is 3.46. The number of anilines is 3. The van der Waals surface area contributed by atoms with Gasteiger partial charge in [-0.15, -0.1) is 0 Å². The summed E-state index contributed by atoms with van der Waals surface area (Å²) in [7, 11) is 1.92. The summed E-state index contributed by atoms with van der Waals surface area (Å²) >= 11 is 0. The highest BCUT2D eigenvalue weighted by Crippen LogP contribution is 2.18. The molecule has 2 heterocycles. The highest BCUT2D eigenvalue weighted by molar-refractivity contribution is 5.84. The van der Waals surface area contributed by atoms with Crippen LogP contribution in [0.5, 0.6) is 0 Å². The summed E-state index contributed by atoms with van der Waals surface area (Å²) in [5, 5.41) is 13.6. The van der Waals surface area contributed by atoms with Crippen LogP contribution in [-0.2, 0) is 13.6 Å². The molecule has 0 aliphatic carbocycles. The molecule has 124 valence electrons. The van der Waals surface area contributed by atoms with Crippen molar-refractivity contribution in [3.05, 3.63) is 65.9 Å².